The number of hydrogen-bond acceptors (Lipinski definition) is 2. The number of hydrogen-bond donors (Lipinski definition) is 1. The zero-order chi connectivity index (χ0) is 17.8. The molecule has 0 aliphatic heterocycles. The van der Waals surface area contributed by atoms with Crippen LogP contribution in [-0.2, 0) is 0 Å². The number of halogens is 1. The van der Waals surface area contributed by atoms with Gasteiger partial charge in [0.1, 0.15) is 0 Å². The van der Waals surface area contributed by atoms with Gasteiger partial charge in [-0.3, -0.25) is 4.99 Å². The van der Waals surface area contributed by atoms with E-state index in [-0.39, 0.29) is 0 Å². The molecule has 1 aliphatic carbocycles. The summed E-state index contributed by atoms with van der Waals surface area (Å²) in [5.41, 5.74) is 8.01. The Hall–Kier alpha value is -2.16. The van der Waals surface area contributed by atoms with Gasteiger partial charge in [-0.05, 0) is 55.3 Å². The number of benzene rings is 2. The van der Waals surface area contributed by atoms with Gasteiger partial charge in [-0.1, -0.05) is 60.5 Å². The molecule has 1 aliphatic rings. The van der Waals surface area contributed by atoms with Gasteiger partial charge in [0, 0.05) is 16.1 Å². The molecule has 0 radical (unpaired) electrons. The van der Waals surface area contributed by atoms with E-state index in [1.807, 2.05) is 19.2 Å². The summed E-state index contributed by atoms with van der Waals surface area (Å²) in [6.07, 6.45) is 5.41. The van der Waals surface area contributed by atoms with Crippen LogP contribution in [-0.4, -0.2) is 19.4 Å². The quantitative estimate of drug-likeness (QED) is 0.773. The van der Waals surface area contributed by atoms with Crippen LogP contribution in [0.5, 0.6) is 0 Å². The number of fused-ring (bicyclic) bond motifs is 1. The Morgan fingerprint density at radius 1 is 1.08 bits per heavy atom. The minimum absolute atomic E-state index is 0.585. The van der Waals surface area contributed by atoms with E-state index in [9.17, 15) is 0 Å². The second-order valence-corrected chi connectivity index (χ2v) is 6.58. The van der Waals surface area contributed by atoms with E-state index in [0.717, 1.165) is 28.3 Å². The highest BCUT2D eigenvalue weighted by atomic mass is 35.5. The first-order chi connectivity index (χ1) is 12.2. The van der Waals surface area contributed by atoms with Crippen molar-refractivity contribution in [3.8, 4) is 0 Å². The summed E-state index contributed by atoms with van der Waals surface area (Å²) in [6, 6.07) is 14.6. The number of aryl methyl sites for hydroxylation is 1. The zero-order valence-electron chi connectivity index (χ0n) is 14.9. The van der Waals surface area contributed by atoms with E-state index in [1.54, 1.807) is 0 Å². The lowest BCUT2D eigenvalue weighted by Crippen LogP contribution is -2.14. The van der Waals surface area contributed by atoms with Crippen molar-refractivity contribution < 1.29 is 0 Å². The number of nitrogens with zero attached hydrogens (tertiary/aromatic N) is 1. The lowest BCUT2D eigenvalue weighted by molar-refractivity contribution is 0.835. The maximum atomic E-state index is 6.55. The molecule has 0 spiro atoms. The van der Waals surface area contributed by atoms with Crippen LogP contribution in [0.1, 0.15) is 35.6 Å². The smallest absolute Gasteiger partial charge is 0.0889 e. The van der Waals surface area contributed by atoms with Gasteiger partial charge in [-0.15, -0.1) is 0 Å². The maximum absolute atomic E-state index is 6.55. The van der Waals surface area contributed by atoms with Gasteiger partial charge in [0.05, 0.1) is 12.4 Å². The number of nitrogens with one attached hydrogen (secondary N) is 1. The molecule has 0 unspecified atom stereocenters. The monoisotopic (exact) mass is 350 g/mol. The van der Waals surface area contributed by atoms with Crippen molar-refractivity contribution in [3.63, 3.8) is 0 Å². The molecule has 0 aromatic heterocycles. The van der Waals surface area contributed by atoms with E-state index in [1.165, 1.54) is 22.3 Å². The third-order valence-corrected chi connectivity index (χ3v) is 4.62. The summed E-state index contributed by atoms with van der Waals surface area (Å²) < 4.78 is 0. The van der Waals surface area contributed by atoms with Crippen molar-refractivity contribution in [2.24, 2.45) is 4.99 Å². The Balaban J connectivity index is 2.26. The standard InChI is InChI=1S/C22H23ClN2/c1-4-7-16-17-8-5-6-9-18(17)22(25-14-24-3)13-19(16)20-12-15(2)10-11-21(20)23/h5-13,24H,4,14H2,1-3H3/b16-7-,25-22?. The Morgan fingerprint density at radius 2 is 1.84 bits per heavy atom. The minimum Gasteiger partial charge on any atom is -0.301 e. The predicted octanol–water partition coefficient (Wildman–Crippen LogP) is 5.51. The third kappa shape index (κ3) is 3.60. The summed E-state index contributed by atoms with van der Waals surface area (Å²) in [7, 11) is 1.91. The molecule has 0 amide bonds. The molecule has 0 saturated carbocycles. The van der Waals surface area contributed by atoms with Gasteiger partial charge in [-0.25, -0.2) is 0 Å². The molecule has 1 N–H and O–H groups in total. The molecule has 2 nitrogen and oxygen atoms in total. The second-order valence-electron chi connectivity index (χ2n) is 6.17. The summed E-state index contributed by atoms with van der Waals surface area (Å²) in [5.74, 6) is 0. The molecule has 0 fully saturated rings. The Labute approximate surface area is 155 Å². The van der Waals surface area contributed by atoms with Crippen molar-refractivity contribution in [2.75, 3.05) is 13.7 Å². The highest BCUT2D eigenvalue weighted by Gasteiger charge is 2.22. The van der Waals surface area contributed by atoms with E-state index in [2.05, 4.69) is 61.6 Å². The molecule has 0 bridgehead atoms. The van der Waals surface area contributed by atoms with Crippen molar-refractivity contribution in [1.29, 1.82) is 0 Å². The molecule has 0 atom stereocenters. The van der Waals surface area contributed by atoms with Crippen LogP contribution in [0, 0.1) is 6.92 Å². The largest absolute Gasteiger partial charge is 0.301 e. The van der Waals surface area contributed by atoms with E-state index >= 15 is 0 Å². The fourth-order valence-corrected chi connectivity index (χ4v) is 3.39. The summed E-state index contributed by atoms with van der Waals surface area (Å²) >= 11 is 6.55. The van der Waals surface area contributed by atoms with Gasteiger partial charge in [0.15, 0.2) is 0 Å². The Bertz CT molecular complexity index is 875. The average Bonchev–Trinajstić information content (AvgIpc) is 2.63. The van der Waals surface area contributed by atoms with Crippen molar-refractivity contribution in [1.82, 2.24) is 5.32 Å². The fourth-order valence-electron chi connectivity index (χ4n) is 3.17. The van der Waals surface area contributed by atoms with Crippen LogP contribution >= 0.6 is 11.6 Å². The van der Waals surface area contributed by atoms with Crippen LogP contribution in [0.15, 0.2) is 59.6 Å². The van der Waals surface area contributed by atoms with Gasteiger partial charge >= 0.3 is 0 Å². The van der Waals surface area contributed by atoms with Gasteiger partial charge < -0.3 is 5.32 Å². The van der Waals surface area contributed by atoms with Gasteiger partial charge in [-0.2, -0.15) is 0 Å². The molecule has 128 valence electrons. The third-order valence-electron chi connectivity index (χ3n) is 4.29. The number of aliphatic imine (C=N–C) groups is 1. The van der Waals surface area contributed by atoms with Gasteiger partial charge in [0.25, 0.3) is 0 Å². The van der Waals surface area contributed by atoms with E-state index in [4.69, 9.17) is 16.6 Å². The van der Waals surface area contributed by atoms with Crippen molar-refractivity contribution in [2.45, 2.75) is 20.3 Å². The first-order valence-corrected chi connectivity index (χ1v) is 9.01. The number of allylic oxidation sites excluding steroid dienone is 4. The highest BCUT2D eigenvalue weighted by molar-refractivity contribution is 6.35. The molecule has 2 aromatic rings. The zero-order valence-corrected chi connectivity index (χ0v) is 15.7. The molecular weight excluding hydrogens is 328 g/mol. The van der Waals surface area contributed by atoms with Crippen molar-refractivity contribution in [3.05, 3.63) is 81.9 Å². The molecule has 0 saturated heterocycles. The van der Waals surface area contributed by atoms with Crippen LogP contribution in [0.3, 0.4) is 0 Å². The van der Waals surface area contributed by atoms with Crippen molar-refractivity contribution >= 4 is 28.5 Å². The van der Waals surface area contributed by atoms with Crippen LogP contribution in [0.2, 0.25) is 5.02 Å². The molecular formula is C22H23ClN2. The van der Waals surface area contributed by atoms with Crippen LogP contribution < -0.4 is 5.32 Å². The summed E-state index contributed by atoms with van der Waals surface area (Å²) in [6.45, 7) is 4.84. The first-order valence-electron chi connectivity index (χ1n) is 8.63. The van der Waals surface area contributed by atoms with Crippen LogP contribution in [0.4, 0.5) is 0 Å². The number of rotatable bonds is 4. The molecule has 25 heavy (non-hydrogen) atoms. The average molecular weight is 351 g/mol. The molecule has 0 heterocycles. The van der Waals surface area contributed by atoms with Crippen LogP contribution in [0.25, 0.3) is 11.1 Å². The normalized spacial score (nSPS) is 16.9. The highest BCUT2D eigenvalue weighted by Crippen LogP contribution is 2.40. The van der Waals surface area contributed by atoms with E-state index in [0.29, 0.717) is 6.67 Å². The summed E-state index contributed by atoms with van der Waals surface area (Å²) in [4.78, 5) is 4.72. The topological polar surface area (TPSA) is 24.4 Å². The minimum atomic E-state index is 0.585. The Kier molecular flexibility index (Phi) is 5.52. The lowest BCUT2D eigenvalue weighted by Gasteiger charge is -2.23. The van der Waals surface area contributed by atoms with Gasteiger partial charge in [0.2, 0.25) is 0 Å². The Morgan fingerprint density at radius 3 is 2.56 bits per heavy atom. The molecule has 3 rings (SSSR count). The molecule has 2 aromatic carbocycles. The van der Waals surface area contributed by atoms with E-state index < -0.39 is 0 Å². The predicted molar refractivity (Wildman–Crippen MR) is 109 cm³/mol. The fraction of sp³-hybridized carbons (Fsp3) is 0.227. The lowest BCUT2D eigenvalue weighted by atomic mass is 9.82. The first kappa shape index (κ1) is 17.7. The maximum Gasteiger partial charge on any atom is 0.0889 e. The second kappa shape index (κ2) is 7.81. The summed E-state index contributed by atoms with van der Waals surface area (Å²) in [5, 5.41) is 3.87. The molecule has 3 heteroatoms. The SMILES string of the molecule is CC/C=C1\C(c2cc(C)ccc2Cl)=CC(=NCNC)c2ccccc21.